The fraction of sp³-hybridized carbons (Fsp3) is 0.435. The first-order valence-electron chi connectivity index (χ1n) is 10.8. The molecular weight excluding hydrogens is 433 g/mol. The molecule has 2 aliphatic heterocycles. The molecule has 0 aliphatic carbocycles. The number of hydrogen-bond donors (Lipinski definition) is 0. The molecule has 0 saturated carbocycles. The largest absolute Gasteiger partial charge is 0.455 e. The van der Waals surface area contributed by atoms with Crippen LogP contribution < -0.4 is 4.90 Å². The summed E-state index contributed by atoms with van der Waals surface area (Å²) < 4.78 is 18.4. The van der Waals surface area contributed by atoms with Gasteiger partial charge in [0.05, 0.1) is 10.8 Å². The molecule has 2 amide bonds. The highest BCUT2D eigenvalue weighted by Gasteiger charge is 2.30. The number of benzene rings is 1. The predicted molar refractivity (Wildman–Crippen MR) is 119 cm³/mol. The minimum absolute atomic E-state index is 0.00164. The first-order valence-corrected chi connectivity index (χ1v) is 11.7. The molecule has 170 valence electrons. The number of piperidine rings is 1. The summed E-state index contributed by atoms with van der Waals surface area (Å²) in [6.07, 6.45) is 1.08. The number of esters is 1. The molecule has 2 fully saturated rings. The molecule has 0 N–H and O–H groups in total. The molecule has 2 saturated heterocycles. The monoisotopic (exact) mass is 459 g/mol. The van der Waals surface area contributed by atoms with E-state index in [4.69, 9.17) is 4.74 Å². The van der Waals surface area contributed by atoms with E-state index in [-0.39, 0.29) is 36.1 Å². The molecule has 1 aromatic heterocycles. The van der Waals surface area contributed by atoms with Crippen LogP contribution in [0, 0.1) is 11.7 Å². The topological polar surface area (TPSA) is 70.2 Å². The van der Waals surface area contributed by atoms with E-state index in [1.54, 1.807) is 28.0 Å². The Hall–Kier alpha value is -2.94. The Bertz CT molecular complexity index is 935. The number of carbonyl (C=O) groups is 3. The standard InChI is InChI=1S/C23H26FN3O4S/c24-18-3-5-19(6-4-18)25-11-13-26(14-12-25)21(28)16-31-23(30)17-7-9-27(10-8-17)22(29)20-2-1-15-32-20/h1-6,15,17H,7-14,16H2. The maximum absolute atomic E-state index is 13.1. The quantitative estimate of drug-likeness (QED) is 0.643. The smallest absolute Gasteiger partial charge is 0.309 e. The Kier molecular flexibility index (Phi) is 7.04. The van der Waals surface area contributed by atoms with Gasteiger partial charge in [-0.05, 0) is 48.6 Å². The van der Waals surface area contributed by atoms with E-state index in [1.165, 1.54) is 23.5 Å². The van der Waals surface area contributed by atoms with E-state index in [0.29, 0.717) is 57.0 Å². The molecule has 32 heavy (non-hydrogen) atoms. The van der Waals surface area contributed by atoms with Crippen molar-refractivity contribution >= 4 is 34.8 Å². The number of piperazine rings is 1. The van der Waals surface area contributed by atoms with Gasteiger partial charge in [0.1, 0.15) is 5.82 Å². The van der Waals surface area contributed by atoms with Crippen molar-refractivity contribution in [3.05, 3.63) is 52.5 Å². The van der Waals surface area contributed by atoms with Crippen molar-refractivity contribution in [3.8, 4) is 0 Å². The van der Waals surface area contributed by atoms with Crippen LogP contribution in [0.25, 0.3) is 0 Å². The van der Waals surface area contributed by atoms with Crippen LogP contribution in [-0.2, 0) is 14.3 Å². The van der Waals surface area contributed by atoms with E-state index in [9.17, 15) is 18.8 Å². The summed E-state index contributed by atoms with van der Waals surface area (Å²) >= 11 is 1.41. The summed E-state index contributed by atoms with van der Waals surface area (Å²) in [6.45, 7) is 3.09. The van der Waals surface area contributed by atoms with Gasteiger partial charge in [-0.25, -0.2) is 4.39 Å². The molecule has 0 radical (unpaired) electrons. The molecule has 4 rings (SSSR count). The van der Waals surface area contributed by atoms with E-state index in [1.807, 2.05) is 11.4 Å². The van der Waals surface area contributed by atoms with E-state index in [0.717, 1.165) is 5.69 Å². The maximum atomic E-state index is 13.1. The minimum Gasteiger partial charge on any atom is -0.455 e. The molecule has 0 bridgehead atoms. The van der Waals surface area contributed by atoms with Gasteiger partial charge in [0, 0.05) is 45.0 Å². The average molecular weight is 460 g/mol. The lowest BCUT2D eigenvalue weighted by molar-refractivity contribution is -0.156. The summed E-state index contributed by atoms with van der Waals surface area (Å²) in [6, 6.07) is 9.96. The number of thiophene rings is 1. The third-order valence-electron chi connectivity index (χ3n) is 6.01. The number of ether oxygens (including phenoxy) is 1. The first kappa shape index (κ1) is 22.3. The van der Waals surface area contributed by atoms with Crippen molar-refractivity contribution in [1.82, 2.24) is 9.80 Å². The van der Waals surface area contributed by atoms with Gasteiger partial charge in [-0.1, -0.05) is 6.07 Å². The van der Waals surface area contributed by atoms with Crippen molar-refractivity contribution in [2.24, 2.45) is 5.92 Å². The maximum Gasteiger partial charge on any atom is 0.309 e. The van der Waals surface area contributed by atoms with Crippen LogP contribution in [0.5, 0.6) is 0 Å². The molecule has 0 atom stereocenters. The Labute approximate surface area is 190 Å². The zero-order valence-corrected chi connectivity index (χ0v) is 18.6. The molecule has 2 aromatic rings. The van der Waals surface area contributed by atoms with Crippen LogP contribution in [0.1, 0.15) is 22.5 Å². The lowest BCUT2D eigenvalue weighted by Crippen LogP contribution is -2.50. The van der Waals surface area contributed by atoms with Crippen molar-refractivity contribution in [3.63, 3.8) is 0 Å². The van der Waals surface area contributed by atoms with Crippen LogP contribution in [-0.4, -0.2) is 73.5 Å². The third kappa shape index (κ3) is 5.27. The van der Waals surface area contributed by atoms with Crippen molar-refractivity contribution in [2.75, 3.05) is 50.8 Å². The number of amides is 2. The number of likely N-dealkylation sites (tertiary alicyclic amines) is 1. The fourth-order valence-corrected chi connectivity index (χ4v) is 4.77. The molecule has 0 spiro atoms. The molecular formula is C23H26FN3O4S. The summed E-state index contributed by atoms with van der Waals surface area (Å²) in [5.74, 6) is -1.13. The highest BCUT2D eigenvalue weighted by molar-refractivity contribution is 7.12. The highest BCUT2D eigenvalue weighted by Crippen LogP contribution is 2.22. The van der Waals surface area contributed by atoms with E-state index in [2.05, 4.69) is 4.90 Å². The Morgan fingerprint density at radius 2 is 1.62 bits per heavy atom. The number of rotatable bonds is 5. The van der Waals surface area contributed by atoms with Crippen LogP contribution in [0.4, 0.5) is 10.1 Å². The number of hydrogen-bond acceptors (Lipinski definition) is 6. The van der Waals surface area contributed by atoms with Gasteiger partial charge in [0.2, 0.25) is 0 Å². The van der Waals surface area contributed by atoms with Gasteiger partial charge >= 0.3 is 5.97 Å². The molecule has 0 unspecified atom stereocenters. The molecule has 2 aliphatic rings. The second-order valence-corrected chi connectivity index (χ2v) is 8.94. The third-order valence-corrected chi connectivity index (χ3v) is 6.87. The SMILES string of the molecule is O=C(OCC(=O)N1CCN(c2ccc(F)cc2)CC1)C1CCN(C(=O)c2cccs2)CC1. The fourth-order valence-electron chi connectivity index (χ4n) is 4.08. The lowest BCUT2D eigenvalue weighted by atomic mass is 9.97. The van der Waals surface area contributed by atoms with E-state index < -0.39 is 0 Å². The summed E-state index contributed by atoms with van der Waals surface area (Å²) in [4.78, 5) is 43.6. The Morgan fingerprint density at radius 3 is 2.25 bits per heavy atom. The van der Waals surface area contributed by atoms with Gasteiger partial charge in [0.15, 0.2) is 6.61 Å². The molecule has 1 aromatic carbocycles. The Morgan fingerprint density at radius 1 is 0.938 bits per heavy atom. The zero-order valence-electron chi connectivity index (χ0n) is 17.7. The normalized spacial score (nSPS) is 17.3. The summed E-state index contributed by atoms with van der Waals surface area (Å²) in [5.41, 5.74) is 0.925. The lowest BCUT2D eigenvalue weighted by Gasteiger charge is -2.36. The molecule has 3 heterocycles. The zero-order chi connectivity index (χ0) is 22.5. The minimum atomic E-state index is -0.369. The van der Waals surface area contributed by atoms with Gasteiger partial charge in [-0.2, -0.15) is 0 Å². The highest BCUT2D eigenvalue weighted by atomic mass is 32.1. The number of carbonyl (C=O) groups excluding carboxylic acids is 3. The second kappa shape index (κ2) is 10.1. The number of anilines is 1. The average Bonchev–Trinajstić information content (AvgIpc) is 3.38. The summed E-state index contributed by atoms with van der Waals surface area (Å²) in [5, 5.41) is 1.87. The van der Waals surface area contributed by atoms with Crippen LogP contribution in [0.3, 0.4) is 0 Å². The molecule has 7 nitrogen and oxygen atoms in total. The van der Waals surface area contributed by atoms with Crippen LogP contribution >= 0.6 is 11.3 Å². The van der Waals surface area contributed by atoms with Crippen molar-refractivity contribution in [1.29, 1.82) is 0 Å². The van der Waals surface area contributed by atoms with Crippen molar-refractivity contribution < 1.29 is 23.5 Å². The summed E-state index contributed by atoms with van der Waals surface area (Å²) in [7, 11) is 0. The predicted octanol–water partition coefficient (Wildman–Crippen LogP) is 2.63. The first-order chi connectivity index (χ1) is 15.5. The van der Waals surface area contributed by atoms with Crippen molar-refractivity contribution in [2.45, 2.75) is 12.8 Å². The van der Waals surface area contributed by atoms with Gasteiger partial charge in [0.25, 0.3) is 11.8 Å². The van der Waals surface area contributed by atoms with Crippen LogP contribution in [0.2, 0.25) is 0 Å². The van der Waals surface area contributed by atoms with Gasteiger partial charge in [-0.3, -0.25) is 14.4 Å². The molecule has 9 heteroatoms. The Balaban J connectivity index is 1.17. The second-order valence-electron chi connectivity index (χ2n) is 8.00. The van der Waals surface area contributed by atoms with E-state index >= 15 is 0 Å². The number of halogens is 1. The van der Waals surface area contributed by atoms with Gasteiger partial charge < -0.3 is 19.4 Å². The van der Waals surface area contributed by atoms with Gasteiger partial charge in [-0.15, -0.1) is 11.3 Å². The number of nitrogens with zero attached hydrogens (tertiary/aromatic N) is 3. The van der Waals surface area contributed by atoms with Crippen LogP contribution in [0.15, 0.2) is 41.8 Å².